The molecule has 2 aliphatic rings. The molecular weight excluding hydrogens is 324 g/mol. The predicted octanol–water partition coefficient (Wildman–Crippen LogP) is 3.35. The summed E-state index contributed by atoms with van der Waals surface area (Å²) < 4.78 is 2.11. The van der Waals surface area contributed by atoms with E-state index in [0.29, 0.717) is 5.92 Å². The number of hydrogen-bond acceptors (Lipinski definition) is 3. The smallest absolute Gasteiger partial charge is 0.253 e. The molecule has 0 spiro atoms. The van der Waals surface area contributed by atoms with Crippen molar-refractivity contribution in [2.45, 2.75) is 38.5 Å². The monoisotopic (exact) mass is 352 g/mol. The van der Waals surface area contributed by atoms with E-state index in [1.54, 1.807) is 0 Å². The summed E-state index contributed by atoms with van der Waals surface area (Å²) in [5.74, 6) is 1.58. The maximum atomic E-state index is 13.0. The van der Waals surface area contributed by atoms with Crippen LogP contribution in [0, 0.1) is 6.92 Å². The molecule has 138 valence electrons. The minimum absolute atomic E-state index is 0.147. The normalized spacial score (nSPS) is 20.6. The number of carbonyl (C=O) groups excluding carboxylic acids is 1. The lowest BCUT2D eigenvalue weighted by Crippen LogP contribution is -2.39. The van der Waals surface area contributed by atoms with Crippen LogP contribution in [-0.2, 0) is 7.05 Å². The Balaban J connectivity index is 1.46. The van der Waals surface area contributed by atoms with Crippen molar-refractivity contribution < 1.29 is 4.79 Å². The molecular formula is C21H28N4O. The first-order chi connectivity index (χ1) is 12.6. The number of carbonyl (C=O) groups is 1. The van der Waals surface area contributed by atoms with Crippen LogP contribution in [0.2, 0.25) is 0 Å². The number of nitrogens with zero attached hydrogens (tertiary/aromatic N) is 4. The van der Waals surface area contributed by atoms with Crippen LogP contribution >= 0.6 is 0 Å². The molecule has 0 N–H and O–H groups in total. The molecule has 26 heavy (non-hydrogen) atoms. The highest BCUT2D eigenvalue weighted by Gasteiger charge is 2.28. The Bertz CT molecular complexity index is 774. The Kier molecular flexibility index (Phi) is 4.70. The largest absolute Gasteiger partial charge is 0.372 e. The molecule has 0 unspecified atom stereocenters. The zero-order valence-corrected chi connectivity index (χ0v) is 15.8. The van der Waals surface area contributed by atoms with Crippen molar-refractivity contribution in [2.75, 3.05) is 31.1 Å². The zero-order valence-electron chi connectivity index (χ0n) is 15.8. The van der Waals surface area contributed by atoms with Crippen molar-refractivity contribution >= 4 is 11.6 Å². The van der Waals surface area contributed by atoms with Crippen molar-refractivity contribution in [1.29, 1.82) is 0 Å². The van der Waals surface area contributed by atoms with Crippen LogP contribution < -0.4 is 4.90 Å². The second kappa shape index (κ2) is 7.14. The van der Waals surface area contributed by atoms with Crippen LogP contribution in [-0.4, -0.2) is 46.5 Å². The molecule has 0 bridgehead atoms. The summed E-state index contributed by atoms with van der Waals surface area (Å²) in [7, 11) is 2.05. The van der Waals surface area contributed by atoms with Gasteiger partial charge in [0.25, 0.3) is 5.91 Å². The van der Waals surface area contributed by atoms with E-state index in [9.17, 15) is 4.79 Å². The number of piperidine rings is 1. The Hall–Kier alpha value is -2.30. The molecule has 5 nitrogen and oxygen atoms in total. The highest BCUT2D eigenvalue weighted by Crippen LogP contribution is 2.27. The van der Waals surface area contributed by atoms with Crippen LogP contribution in [0.1, 0.15) is 53.5 Å². The number of rotatable bonds is 3. The van der Waals surface area contributed by atoms with Gasteiger partial charge in [-0.15, -0.1) is 0 Å². The van der Waals surface area contributed by atoms with E-state index in [-0.39, 0.29) is 5.91 Å². The maximum Gasteiger partial charge on any atom is 0.253 e. The van der Waals surface area contributed by atoms with E-state index < -0.39 is 0 Å². The second-order valence-corrected chi connectivity index (χ2v) is 7.68. The lowest BCUT2D eigenvalue weighted by Gasteiger charge is -2.32. The quantitative estimate of drug-likeness (QED) is 0.851. The average molecular weight is 352 g/mol. The lowest BCUT2D eigenvalue weighted by atomic mass is 9.96. The summed E-state index contributed by atoms with van der Waals surface area (Å²) in [6.45, 7) is 5.88. The summed E-state index contributed by atoms with van der Waals surface area (Å²) in [6.07, 6.45) is 6.73. The number of imidazole rings is 1. The lowest BCUT2D eigenvalue weighted by molar-refractivity contribution is 0.0703. The van der Waals surface area contributed by atoms with E-state index in [1.165, 1.54) is 18.5 Å². The summed E-state index contributed by atoms with van der Waals surface area (Å²) in [5.41, 5.74) is 3.08. The molecule has 2 aromatic rings. The first-order valence-electron chi connectivity index (χ1n) is 9.76. The molecule has 4 rings (SSSR count). The molecule has 2 saturated heterocycles. The van der Waals surface area contributed by atoms with Crippen molar-refractivity contribution in [3.05, 3.63) is 47.5 Å². The molecule has 1 atom stereocenters. The van der Waals surface area contributed by atoms with Crippen LogP contribution in [0.4, 0.5) is 5.69 Å². The predicted molar refractivity (Wildman–Crippen MR) is 104 cm³/mol. The fraction of sp³-hybridized carbons (Fsp3) is 0.524. The van der Waals surface area contributed by atoms with Crippen LogP contribution in [0.25, 0.3) is 0 Å². The van der Waals surface area contributed by atoms with Gasteiger partial charge in [-0.25, -0.2) is 4.98 Å². The fourth-order valence-electron chi connectivity index (χ4n) is 4.36. The Morgan fingerprint density at radius 2 is 1.81 bits per heavy atom. The number of benzene rings is 1. The van der Waals surface area contributed by atoms with Gasteiger partial charge in [-0.1, -0.05) is 0 Å². The van der Waals surface area contributed by atoms with Crippen molar-refractivity contribution in [3.63, 3.8) is 0 Å². The van der Waals surface area contributed by atoms with E-state index >= 15 is 0 Å². The third kappa shape index (κ3) is 3.35. The van der Waals surface area contributed by atoms with Crippen molar-refractivity contribution in [3.8, 4) is 0 Å². The Labute approximate surface area is 155 Å². The first kappa shape index (κ1) is 17.1. The summed E-state index contributed by atoms with van der Waals surface area (Å²) >= 11 is 0. The number of amides is 1. The number of anilines is 1. The highest BCUT2D eigenvalue weighted by molar-refractivity contribution is 5.94. The zero-order chi connectivity index (χ0) is 18.1. The molecule has 0 aliphatic carbocycles. The number of aromatic nitrogens is 2. The summed E-state index contributed by atoms with van der Waals surface area (Å²) in [4.78, 5) is 22.1. The summed E-state index contributed by atoms with van der Waals surface area (Å²) in [5, 5.41) is 0. The SMILES string of the molecule is Cc1cn(C)c([C@@H]2CCCN(C(=O)c3ccc(N4CCCC4)cc3)C2)n1. The molecule has 5 heteroatoms. The summed E-state index contributed by atoms with van der Waals surface area (Å²) in [6, 6.07) is 8.18. The van der Waals surface area contributed by atoms with Crippen LogP contribution in [0.5, 0.6) is 0 Å². The fourth-order valence-corrected chi connectivity index (χ4v) is 4.36. The van der Waals surface area contributed by atoms with E-state index in [4.69, 9.17) is 0 Å². The number of likely N-dealkylation sites (tertiary alicyclic amines) is 1. The molecule has 0 saturated carbocycles. The average Bonchev–Trinajstić information content (AvgIpc) is 3.31. The van der Waals surface area contributed by atoms with Crippen molar-refractivity contribution in [2.24, 2.45) is 7.05 Å². The minimum atomic E-state index is 0.147. The third-order valence-corrected chi connectivity index (χ3v) is 5.69. The molecule has 3 heterocycles. The van der Waals surface area contributed by atoms with Gasteiger partial charge in [0.15, 0.2) is 0 Å². The number of hydrogen-bond donors (Lipinski definition) is 0. The van der Waals surface area contributed by atoms with Gasteiger partial charge < -0.3 is 14.4 Å². The standard InChI is InChI=1S/C21H28N4O/c1-16-14-23(2)20(22-16)18-6-5-13-25(15-18)21(26)17-7-9-19(10-8-17)24-11-3-4-12-24/h7-10,14,18H,3-6,11-13,15H2,1-2H3/t18-/m1/s1. The van der Waals surface area contributed by atoms with Crippen molar-refractivity contribution in [1.82, 2.24) is 14.5 Å². The number of aryl methyl sites for hydroxylation is 2. The second-order valence-electron chi connectivity index (χ2n) is 7.68. The van der Waals surface area contributed by atoms with Gasteiger partial charge >= 0.3 is 0 Å². The minimum Gasteiger partial charge on any atom is -0.372 e. The van der Waals surface area contributed by atoms with Crippen LogP contribution in [0.15, 0.2) is 30.5 Å². The van der Waals surface area contributed by atoms with Gasteiger partial charge in [0.2, 0.25) is 0 Å². The molecule has 2 aliphatic heterocycles. The van der Waals surface area contributed by atoms with Gasteiger partial charge in [0.05, 0.1) is 5.69 Å². The molecule has 1 amide bonds. The molecule has 2 fully saturated rings. The first-order valence-corrected chi connectivity index (χ1v) is 9.76. The molecule has 1 aromatic carbocycles. The third-order valence-electron chi connectivity index (χ3n) is 5.69. The Morgan fingerprint density at radius 3 is 2.46 bits per heavy atom. The van der Waals surface area contributed by atoms with Gasteiger partial charge in [-0.05, 0) is 56.9 Å². The maximum absolute atomic E-state index is 13.0. The van der Waals surface area contributed by atoms with E-state index in [0.717, 1.165) is 56.1 Å². The molecule has 1 aromatic heterocycles. The van der Waals surface area contributed by atoms with Crippen LogP contribution in [0.3, 0.4) is 0 Å². The van der Waals surface area contributed by atoms with Gasteiger partial charge in [-0.3, -0.25) is 4.79 Å². The topological polar surface area (TPSA) is 41.4 Å². The van der Waals surface area contributed by atoms with Gasteiger partial charge in [0.1, 0.15) is 5.82 Å². The molecule has 0 radical (unpaired) electrons. The van der Waals surface area contributed by atoms with Gasteiger partial charge in [0, 0.05) is 56.6 Å². The Morgan fingerprint density at radius 1 is 1.08 bits per heavy atom. The van der Waals surface area contributed by atoms with E-state index in [1.807, 2.05) is 31.0 Å². The highest BCUT2D eigenvalue weighted by atomic mass is 16.2. The van der Waals surface area contributed by atoms with Gasteiger partial charge in [-0.2, -0.15) is 0 Å². The van der Waals surface area contributed by atoms with E-state index in [2.05, 4.69) is 32.8 Å².